The summed E-state index contributed by atoms with van der Waals surface area (Å²) < 4.78 is 0. The molecule has 0 aromatic heterocycles. The number of hydrogen-bond donors (Lipinski definition) is 2. The minimum Gasteiger partial charge on any atom is -0.511 e. The first-order valence-corrected chi connectivity index (χ1v) is 8.51. The van der Waals surface area contributed by atoms with Gasteiger partial charge in [-0.3, -0.25) is 20.3 Å². The van der Waals surface area contributed by atoms with E-state index in [1.807, 2.05) is 30.3 Å². The summed E-state index contributed by atoms with van der Waals surface area (Å²) in [5, 5.41) is 25.2. The molecule has 1 aliphatic rings. The third kappa shape index (κ3) is 4.20. The van der Waals surface area contributed by atoms with Crippen LogP contribution in [0.1, 0.15) is 31.2 Å². The van der Waals surface area contributed by atoms with Gasteiger partial charge in [-0.15, -0.1) is 0 Å². The number of aliphatic hydroxyl groups is 1. The number of non-ortho nitro benzene ring substituents is 1. The van der Waals surface area contributed by atoms with Gasteiger partial charge in [0.1, 0.15) is 5.76 Å². The van der Waals surface area contributed by atoms with Crippen molar-refractivity contribution < 1.29 is 14.8 Å². The molecule has 2 aromatic carbocycles. The first-order valence-electron chi connectivity index (χ1n) is 8.51. The van der Waals surface area contributed by atoms with Gasteiger partial charge in [-0.25, -0.2) is 0 Å². The maximum absolute atomic E-state index is 12.6. The van der Waals surface area contributed by atoms with Crippen LogP contribution in [-0.2, 0) is 4.79 Å². The molecule has 1 atom stereocenters. The van der Waals surface area contributed by atoms with E-state index in [9.17, 15) is 20.0 Å². The van der Waals surface area contributed by atoms with Gasteiger partial charge in [0.25, 0.3) is 5.69 Å². The summed E-state index contributed by atoms with van der Waals surface area (Å²) in [5.74, 6) is -0.163. The Labute approximate surface area is 156 Å². The van der Waals surface area contributed by atoms with Crippen LogP contribution in [0.2, 0.25) is 0 Å². The number of hydrogen-bond acceptors (Lipinski definition) is 6. The Balaban J connectivity index is 1.75. The largest absolute Gasteiger partial charge is 0.511 e. The minimum atomic E-state index is -0.481. The zero-order chi connectivity index (χ0) is 19.4. The summed E-state index contributed by atoms with van der Waals surface area (Å²) in [6.45, 7) is 1.64. The molecule has 1 unspecified atom stereocenters. The fraction of sp³-hybridized carbons (Fsp3) is 0.200. The Bertz CT molecular complexity index is 918. The first kappa shape index (κ1) is 18.3. The molecule has 138 valence electrons. The monoisotopic (exact) mass is 365 g/mol. The summed E-state index contributed by atoms with van der Waals surface area (Å²) in [7, 11) is 0. The SMILES string of the molecule is C/C(=N\Nc1ccc([N+](=O)[O-])cc1)C1=C(O)CC(c2ccccc2)CC1=O. The van der Waals surface area contributed by atoms with Gasteiger partial charge in [0, 0.05) is 25.0 Å². The molecule has 0 heterocycles. The van der Waals surface area contributed by atoms with E-state index in [-0.39, 0.29) is 28.7 Å². The highest BCUT2D eigenvalue weighted by Crippen LogP contribution is 2.33. The number of nitrogens with zero attached hydrogens (tertiary/aromatic N) is 2. The maximum atomic E-state index is 12.6. The van der Waals surface area contributed by atoms with Crippen LogP contribution in [0.4, 0.5) is 11.4 Å². The van der Waals surface area contributed by atoms with Crippen LogP contribution in [0.5, 0.6) is 0 Å². The lowest BCUT2D eigenvalue weighted by atomic mass is 9.81. The van der Waals surface area contributed by atoms with Crippen molar-refractivity contribution in [2.45, 2.75) is 25.7 Å². The highest BCUT2D eigenvalue weighted by Gasteiger charge is 2.30. The molecular weight excluding hydrogens is 346 g/mol. The second-order valence-electron chi connectivity index (χ2n) is 6.37. The zero-order valence-electron chi connectivity index (χ0n) is 14.8. The predicted octanol–water partition coefficient (Wildman–Crippen LogP) is 4.34. The minimum absolute atomic E-state index is 0.0176. The van der Waals surface area contributed by atoms with E-state index in [1.54, 1.807) is 6.92 Å². The number of nitrogens with one attached hydrogen (secondary N) is 1. The van der Waals surface area contributed by atoms with Crippen molar-refractivity contribution >= 4 is 22.9 Å². The fourth-order valence-corrected chi connectivity index (χ4v) is 3.13. The first-order chi connectivity index (χ1) is 13.0. The predicted molar refractivity (Wildman–Crippen MR) is 103 cm³/mol. The van der Waals surface area contributed by atoms with Crippen molar-refractivity contribution in [3.8, 4) is 0 Å². The highest BCUT2D eigenvalue weighted by molar-refractivity contribution is 6.22. The van der Waals surface area contributed by atoms with E-state index in [4.69, 9.17) is 0 Å². The number of carbonyl (C=O) groups is 1. The number of benzene rings is 2. The zero-order valence-corrected chi connectivity index (χ0v) is 14.8. The molecule has 7 heteroatoms. The highest BCUT2D eigenvalue weighted by atomic mass is 16.6. The number of allylic oxidation sites excluding steroid dienone is 2. The molecule has 2 aromatic rings. The molecule has 1 aliphatic carbocycles. The van der Waals surface area contributed by atoms with E-state index >= 15 is 0 Å². The Morgan fingerprint density at radius 3 is 2.41 bits per heavy atom. The van der Waals surface area contributed by atoms with Crippen LogP contribution < -0.4 is 5.43 Å². The average Bonchev–Trinajstić information content (AvgIpc) is 2.66. The molecule has 0 saturated heterocycles. The number of carbonyl (C=O) groups excluding carboxylic acids is 1. The second kappa shape index (κ2) is 7.82. The Kier molecular flexibility index (Phi) is 5.30. The van der Waals surface area contributed by atoms with Gasteiger partial charge in [-0.2, -0.15) is 5.10 Å². The van der Waals surface area contributed by atoms with Crippen molar-refractivity contribution in [3.63, 3.8) is 0 Å². The second-order valence-corrected chi connectivity index (χ2v) is 6.37. The maximum Gasteiger partial charge on any atom is 0.269 e. The molecule has 2 N–H and O–H groups in total. The number of ketones is 1. The lowest BCUT2D eigenvalue weighted by molar-refractivity contribution is -0.384. The number of hydrazone groups is 1. The summed E-state index contributed by atoms with van der Waals surface area (Å²) in [6, 6.07) is 15.4. The molecular formula is C20H19N3O4. The number of Topliss-reactive ketones (excluding diaryl/α,β-unsaturated/α-hetero) is 1. The van der Waals surface area contributed by atoms with Crippen molar-refractivity contribution in [1.29, 1.82) is 0 Å². The van der Waals surface area contributed by atoms with Gasteiger partial charge in [-0.05, 0) is 30.5 Å². The topological polar surface area (TPSA) is 105 Å². The number of anilines is 1. The molecule has 3 rings (SSSR count). The molecule has 0 fully saturated rings. The van der Waals surface area contributed by atoms with Crippen molar-refractivity contribution in [2.75, 3.05) is 5.43 Å². The van der Waals surface area contributed by atoms with Gasteiger partial charge in [-0.1, -0.05) is 30.3 Å². The van der Waals surface area contributed by atoms with Gasteiger partial charge < -0.3 is 5.11 Å². The number of rotatable bonds is 5. The lowest BCUT2D eigenvalue weighted by Crippen LogP contribution is -2.23. The van der Waals surface area contributed by atoms with E-state index in [0.29, 0.717) is 24.2 Å². The van der Waals surface area contributed by atoms with Crippen LogP contribution in [-0.4, -0.2) is 21.5 Å². The van der Waals surface area contributed by atoms with E-state index in [2.05, 4.69) is 10.5 Å². The molecule has 7 nitrogen and oxygen atoms in total. The molecule has 27 heavy (non-hydrogen) atoms. The normalized spacial score (nSPS) is 17.7. The molecule has 0 bridgehead atoms. The fourth-order valence-electron chi connectivity index (χ4n) is 3.13. The number of nitro benzene ring substituents is 1. The van der Waals surface area contributed by atoms with Gasteiger partial charge in [0.2, 0.25) is 0 Å². The van der Waals surface area contributed by atoms with Crippen LogP contribution in [0.3, 0.4) is 0 Å². The molecule has 0 saturated carbocycles. The molecule has 0 spiro atoms. The van der Waals surface area contributed by atoms with Crippen molar-refractivity contribution in [1.82, 2.24) is 0 Å². The van der Waals surface area contributed by atoms with E-state index < -0.39 is 4.92 Å². The van der Waals surface area contributed by atoms with E-state index in [1.165, 1.54) is 24.3 Å². The average molecular weight is 365 g/mol. The summed E-state index contributed by atoms with van der Waals surface area (Å²) in [5.41, 5.74) is 4.92. The van der Waals surface area contributed by atoms with Crippen molar-refractivity contribution in [2.24, 2.45) is 5.10 Å². The summed E-state index contributed by atoms with van der Waals surface area (Å²) in [6.07, 6.45) is 0.698. The Morgan fingerprint density at radius 1 is 1.15 bits per heavy atom. The number of nitro groups is 1. The van der Waals surface area contributed by atoms with E-state index in [0.717, 1.165) is 5.56 Å². The summed E-state index contributed by atoms with van der Waals surface area (Å²) >= 11 is 0. The van der Waals surface area contributed by atoms with Gasteiger partial charge in [0.15, 0.2) is 5.78 Å². The van der Waals surface area contributed by atoms with Crippen LogP contribution in [0, 0.1) is 10.1 Å². The van der Waals surface area contributed by atoms with Crippen molar-refractivity contribution in [3.05, 3.63) is 81.6 Å². The molecule has 0 aliphatic heterocycles. The molecule has 0 amide bonds. The molecule has 0 radical (unpaired) electrons. The van der Waals surface area contributed by atoms with Gasteiger partial charge >= 0.3 is 0 Å². The van der Waals surface area contributed by atoms with Crippen LogP contribution in [0.15, 0.2) is 71.0 Å². The Morgan fingerprint density at radius 2 is 1.81 bits per heavy atom. The number of aliphatic hydroxyl groups excluding tert-OH is 1. The summed E-state index contributed by atoms with van der Waals surface area (Å²) in [4.78, 5) is 22.8. The standard InChI is InChI=1S/C20H19N3O4/c1-13(21-22-16-7-9-17(10-8-16)23(26)27)20-18(24)11-15(12-19(20)25)14-5-3-2-4-6-14/h2-10,15,22,24H,11-12H2,1H3/b21-13+. The third-order valence-corrected chi connectivity index (χ3v) is 4.50. The lowest BCUT2D eigenvalue weighted by Gasteiger charge is -2.23. The smallest absolute Gasteiger partial charge is 0.269 e. The van der Waals surface area contributed by atoms with Crippen LogP contribution in [0.25, 0.3) is 0 Å². The quantitative estimate of drug-likeness (QED) is 0.466. The van der Waals surface area contributed by atoms with Gasteiger partial charge in [0.05, 0.1) is 21.9 Å². The van der Waals surface area contributed by atoms with Crippen LogP contribution >= 0.6 is 0 Å². The third-order valence-electron chi connectivity index (χ3n) is 4.50. The Hall–Kier alpha value is -3.48.